The third-order valence-electron chi connectivity index (χ3n) is 3.90. The summed E-state index contributed by atoms with van der Waals surface area (Å²) in [5.74, 6) is -0.379. The molecule has 0 aliphatic rings. The van der Waals surface area contributed by atoms with E-state index in [9.17, 15) is 9.59 Å². The first-order chi connectivity index (χ1) is 11.9. The summed E-state index contributed by atoms with van der Waals surface area (Å²) in [5.41, 5.74) is 2.13. The van der Waals surface area contributed by atoms with Gasteiger partial charge in [0.2, 0.25) is 5.91 Å². The fraction of sp³-hybridized carbons (Fsp3) is 0.368. The number of rotatable bonds is 7. The second-order valence-electron chi connectivity index (χ2n) is 6.45. The zero-order chi connectivity index (χ0) is 18.4. The maximum absolute atomic E-state index is 12.5. The van der Waals surface area contributed by atoms with Gasteiger partial charge in [-0.3, -0.25) is 9.59 Å². The molecule has 2 amide bonds. The van der Waals surface area contributed by atoms with Crippen molar-refractivity contribution in [3.05, 3.63) is 52.2 Å². The van der Waals surface area contributed by atoms with Crippen LogP contribution in [-0.4, -0.2) is 32.0 Å². The molecule has 1 atom stereocenters. The van der Waals surface area contributed by atoms with Gasteiger partial charge in [0.05, 0.1) is 4.88 Å². The first kappa shape index (κ1) is 19.0. The zero-order valence-corrected chi connectivity index (χ0v) is 15.9. The fourth-order valence-corrected chi connectivity index (χ4v) is 2.99. The number of hydrogen-bond donors (Lipinski definition) is 2. The van der Waals surface area contributed by atoms with Gasteiger partial charge in [-0.2, -0.15) is 0 Å². The van der Waals surface area contributed by atoms with Gasteiger partial charge in [0.1, 0.15) is 6.04 Å². The molecule has 1 unspecified atom stereocenters. The molecule has 2 rings (SSSR count). The van der Waals surface area contributed by atoms with Gasteiger partial charge in [0.15, 0.2) is 0 Å². The van der Waals surface area contributed by atoms with Crippen LogP contribution in [0.15, 0.2) is 41.8 Å². The van der Waals surface area contributed by atoms with Crippen molar-refractivity contribution in [1.29, 1.82) is 0 Å². The summed E-state index contributed by atoms with van der Waals surface area (Å²) in [6.45, 7) is 4.28. The monoisotopic (exact) mass is 359 g/mol. The van der Waals surface area contributed by atoms with Crippen LogP contribution in [0.3, 0.4) is 0 Å². The Labute approximate surface area is 153 Å². The number of nitrogens with one attached hydrogen (secondary N) is 2. The SMILES string of the molecule is CC(C)C(NC(=O)c1cccs1)C(=O)NCc1ccc(N(C)C)cc1. The van der Waals surface area contributed by atoms with Gasteiger partial charge >= 0.3 is 0 Å². The predicted octanol–water partition coefficient (Wildman–Crippen LogP) is 2.88. The summed E-state index contributed by atoms with van der Waals surface area (Å²) in [6, 6.07) is 11.0. The Kier molecular flexibility index (Phi) is 6.58. The smallest absolute Gasteiger partial charge is 0.262 e. The van der Waals surface area contributed by atoms with Crippen molar-refractivity contribution in [2.75, 3.05) is 19.0 Å². The lowest BCUT2D eigenvalue weighted by Crippen LogP contribution is -2.49. The number of thiophene rings is 1. The Morgan fingerprint density at radius 3 is 2.32 bits per heavy atom. The second kappa shape index (κ2) is 8.67. The maximum Gasteiger partial charge on any atom is 0.262 e. The van der Waals surface area contributed by atoms with E-state index in [1.54, 1.807) is 6.07 Å². The van der Waals surface area contributed by atoms with Crippen LogP contribution >= 0.6 is 11.3 Å². The Balaban J connectivity index is 1.94. The molecule has 0 saturated heterocycles. The molecule has 0 bridgehead atoms. The summed E-state index contributed by atoms with van der Waals surface area (Å²) in [6.07, 6.45) is 0. The minimum Gasteiger partial charge on any atom is -0.378 e. The van der Waals surface area contributed by atoms with Crippen molar-refractivity contribution in [2.24, 2.45) is 5.92 Å². The van der Waals surface area contributed by atoms with Crippen molar-refractivity contribution >= 4 is 28.8 Å². The quantitative estimate of drug-likeness (QED) is 0.799. The van der Waals surface area contributed by atoms with E-state index in [0.29, 0.717) is 11.4 Å². The highest BCUT2D eigenvalue weighted by Crippen LogP contribution is 2.13. The van der Waals surface area contributed by atoms with Crippen molar-refractivity contribution in [3.63, 3.8) is 0 Å². The highest BCUT2D eigenvalue weighted by atomic mass is 32.1. The molecule has 6 heteroatoms. The highest BCUT2D eigenvalue weighted by molar-refractivity contribution is 7.12. The molecule has 2 aromatic rings. The summed E-state index contributed by atoms with van der Waals surface area (Å²) >= 11 is 1.36. The van der Waals surface area contributed by atoms with E-state index >= 15 is 0 Å². The summed E-state index contributed by atoms with van der Waals surface area (Å²) in [5, 5.41) is 7.59. The molecule has 1 heterocycles. The van der Waals surface area contributed by atoms with Crippen LogP contribution in [0.25, 0.3) is 0 Å². The molecule has 134 valence electrons. The molecule has 0 spiro atoms. The summed E-state index contributed by atoms with van der Waals surface area (Å²) in [4.78, 5) is 27.4. The average Bonchev–Trinajstić information content (AvgIpc) is 3.12. The molecule has 0 fully saturated rings. The van der Waals surface area contributed by atoms with Gasteiger partial charge in [-0.1, -0.05) is 32.0 Å². The van der Waals surface area contributed by atoms with Crippen molar-refractivity contribution in [2.45, 2.75) is 26.4 Å². The highest BCUT2D eigenvalue weighted by Gasteiger charge is 2.24. The van der Waals surface area contributed by atoms with Gasteiger partial charge < -0.3 is 15.5 Å². The lowest BCUT2D eigenvalue weighted by atomic mass is 10.0. The van der Waals surface area contributed by atoms with Gasteiger partial charge in [-0.25, -0.2) is 0 Å². The van der Waals surface area contributed by atoms with Gasteiger partial charge in [-0.15, -0.1) is 11.3 Å². The van der Waals surface area contributed by atoms with Crippen LogP contribution in [0.2, 0.25) is 0 Å². The number of anilines is 1. The van der Waals surface area contributed by atoms with E-state index in [0.717, 1.165) is 11.3 Å². The average molecular weight is 359 g/mol. The van der Waals surface area contributed by atoms with E-state index in [2.05, 4.69) is 10.6 Å². The standard InChI is InChI=1S/C19H25N3O2S/c1-13(2)17(21-18(23)16-6-5-11-25-16)19(24)20-12-14-7-9-15(10-8-14)22(3)4/h5-11,13,17H,12H2,1-4H3,(H,20,24)(H,21,23). The van der Waals surface area contributed by atoms with Crippen LogP contribution in [0.1, 0.15) is 29.1 Å². The molecule has 0 aliphatic heterocycles. The van der Waals surface area contributed by atoms with Crippen LogP contribution in [-0.2, 0) is 11.3 Å². The lowest BCUT2D eigenvalue weighted by Gasteiger charge is -2.21. The van der Waals surface area contributed by atoms with Gasteiger partial charge in [0.25, 0.3) is 5.91 Å². The largest absolute Gasteiger partial charge is 0.378 e. The van der Waals surface area contributed by atoms with Crippen molar-refractivity contribution in [1.82, 2.24) is 10.6 Å². The topological polar surface area (TPSA) is 61.4 Å². The molecule has 5 nitrogen and oxygen atoms in total. The third kappa shape index (κ3) is 5.32. The van der Waals surface area contributed by atoms with Gasteiger partial charge in [0, 0.05) is 26.3 Å². The third-order valence-corrected chi connectivity index (χ3v) is 4.77. The molecule has 2 N–H and O–H groups in total. The number of benzene rings is 1. The van der Waals surface area contributed by atoms with E-state index < -0.39 is 6.04 Å². The lowest BCUT2D eigenvalue weighted by molar-refractivity contribution is -0.124. The zero-order valence-electron chi connectivity index (χ0n) is 15.1. The summed E-state index contributed by atoms with van der Waals surface area (Å²) in [7, 11) is 3.97. The Morgan fingerprint density at radius 2 is 1.80 bits per heavy atom. The molecule has 0 saturated carbocycles. The number of hydrogen-bond acceptors (Lipinski definition) is 4. The molecule has 0 aliphatic carbocycles. The molecular formula is C19H25N3O2S. The number of carbonyl (C=O) groups excluding carboxylic acids is 2. The van der Waals surface area contributed by atoms with E-state index in [1.165, 1.54) is 11.3 Å². The van der Waals surface area contributed by atoms with Crippen LogP contribution in [0.5, 0.6) is 0 Å². The predicted molar refractivity (Wildman–Crippen MR) is 103 cm³/mol. The van der Waals surface area contributed by atoms with E-state index in [4.69, 9.17) is 0 Å². The molecule has 1 aromatic heterocycles. The van der Waals surface area contributed by atoms with E-state index in [1.807, 2.05) is 68.6 Å². The molecule has 1 aromatic carbocycles. The van der Waals surface area contributed by atoms with Crippen molar-refractivity contribution in [3.8, 4) is 0 Å². The van der Waals surface area contributed by atoms with Crippen LogP contribution in [0.4, 0.5) is 5.69 Å². The molecule has 25 heavy (non-hydrogen) atoms. The normalized spacial score (nSPS) is 11.9. The summed E-state index contributed by atoms with van der Waals surface area (Å²) < 4.78 is 0. The van der Waals surface area contributed by atoms with Gasteiger partial charge in [-0.05, 0) is 35.1 Å². The second-order valence-corrected chi connectivity index (χ2v) is 7.40. The number of carbonyl (C=O) groups is 2. The Morgan fingerprint density at radius 1 is 1.12 bits per heavy atom. The maximum atomic E-state index is 12.5. The Bertz CT molecular complexity index is 694. The number of nitrogens with zero attached hydrogens (tertiary/aromatic N) is 1. The molecule has 0 radical (unpaired) electrons. The van der Waals surface area contributed by atoms with Crippen LogP contribution < -0.4 is 15.5 Å². The molecular weight excluding hydrogens is 334 g/mol. The minimum atomic E-state index is -0.560. The number of amides is 2. The first-order valence-electron chi connectivity index (χ1n) is 8.27. The van der Waals surface area contributed by atoms with E-state index in [-0.39, 0.29) is 17.7 Å². The van der Waals surface area contributed by atoms with Crippen LogP contribution in [0, 0.1) is 5.92 Å². The Hall–Kier alpha value is -2.34. The fourth-order valence-electron chi connectivity index (χ4n) is 2.37. The first-order valence-corrected chi connectivity index (χ1v) is 9.14. The minimum absolute atomic E-state index is 0.0000271. The van der Waals surface area contributed by atoms with Crippen molar-refractivity contribution < 1.29 is 9.59 Å².